The molecule has 13 heavy (non-hydrogen) atoms. The Kier molecular flexibility index (Phi) is 3.52. The number of nitriles is 1. The Morgan fingerprint density at radius 3 is 3.00 bits per heavy atom. The van der Waals surface area contributed by atoms with E-state index in [-0.39, 0.29) is 6.04 Å². The van der Waals surface area contributed by atoms with Crippen molar-refractivity contribution in [1.82, 2.24) is 5.32 Å². The van der Waals surface area contributed by atoms with Gasteiger partial charge in [-0.3, -0.25) is 5.32 Å². The van der Waals surface area contributed by atoms with Gasteiger partial charge in [-0.1, -0.05) is 5.92 Å². The van der Waals surface area contributed by atoms with Crippen molar-refractivity contribution in [3.05, 3.63) is 21.9 Å². The van der Waals surface area contributed by atoms with E-state index in [1.54, 1.807) is 0 Å². The Balaban J connectivity index is 2.48. The van der Waals surface area contributed by atoms with Gasteiger partial charge in [0.15, 0.2) is 0 Å². The van der Waals surface area contributed by atoms with Crippen LogP contribution in [0.25, 0.3) is 0 Å². The van der Waals surface area contributed by atoms with Gasteiger partial charge in [-0.25, -0.2) is 0 Å². The van der Waals surface area contributed by atoms with E-state index in [2.05, 4.69) is 17.3 Å². The molecule has 1 aromatic heterocycles. The Hall–Kier alpha value is -1.29. The Morgan fingerprint density at radius 2 is 2.46 bits per heavy atom. The van der Waals surface area contributed by atoms with Crippen molar-refractivity contribution in [2.45, 2.75) is 19.5 Å². The molecule has 0 aliphatic rings. The highest BCUT2D eigenvalue weighted by molar-refractivity contribution is 7.12. The van der Waals surface area contributed by atoms with Crippen LogP contribution in [0.15, 0.2) is 12.1 Å². The van der Waals surface area contributed by atoms with E-state index in [0.717, 1.165) is 16.3 Å². The minimum atomic E-state index is 0.0765. The van der Waals surface area contributed by atoms with Gasteiger partial charge in [0.1, 0.15) is 10.9 Å². The zero-order valence-electron chi connectivity index (χ0n) is 7.37. The SMILES string of the molecule is C#CC(C)NCc1ccc(C#N)s1. The normalized spacial score (nSPS) is 11.6. The molecule has 0 saturated carbocycles. The predicted octanol–water partition coefficient (Wildman–Crippen LogP) is 1.73. The van der Waals surface area contributed by atoms with Crippen LogP contribution in [0.2, 0.25) is 0 Å². The molecule has 1 atom stereocenters. The number of nitrogens with one attached hydrogen (secondary N) is 1. The molecule has 0 saturated heterocycles. The Bertz CT molecular complexity index is 354. The molecule has 1 rings (SSSR count). The van der Waals surface area contributed by atoms with Crippen LogP contribution in [0, 0.1) is 23.7 Å². The first-order chi connectivity index (χ1) is 6.26. The Labute approximate surface area is 82.2 Å². The van der Waals surface area contributed by atoms with Gasteiger partial charge in [0, 0.05) is 11.4 Å². The smallest absolute Gasteiger partial charge is 0.110 e. The minimum Gasteiger partial charge on any atom is -0.299 e. The summed E-state index contributed by atoms with van der Waals surface area (Å²) in [6.45, 7) is 2.66. The lowest BCUT2D eigenvalue weighted by atomic mass is 10.3. The van der Waals surface area contributed by atoms with Crippen LogP contribution in [0.3, 0.4) is 0 Å². The van der Waals surface area contributed by atoms with E-state index in [0.29, 0.717) is 0 Å². The maximum Gasteiger partial charge on any atom is 0.110 e. The summed E-state index contributed by atoms with van der Waals surface area (Å²) in [7, 11) is 0. The summed E-state index contributed by atoms with van der Waals surface area (Å²) >= 11 is 1.49. The molecule has 0 spiro atoms. The van der Waals surface area contributed by atoms with E-state index in [4.69, 9.17) is 11.7 Å². The zero-order chi connectivity index (χ0) is 9.68. The van der Waals surface area contributed by atoms with Gasteiger partial charge in [0.2, 0.25) is 0 Å². The lowest BCUT2D eigenvalue weighted by Crippen LogP contribution is -2.22. The number of hydrogen-bond donors (Lipinski definition) is 1. The van der Waals surface area contributed by atoms with Crippen molar-refractivity contribution in [3.63, 3.8) is 0 Å². The second kappa shape index (κ2) is 4.67. The molecule has 1 N–H and O–H groups in total. The molecule has 1 unspecified atom stereocenters. The fraction of sp³-hybridized carbons (Fsp3) is 0.300. The maximum atomic E-state index is 8.58. The maximum absolute atomic E-state index is 8.58. The van der Waals surface area contributed by atoms with Crippen molar-refractivity contribution in [2.75, 3.05) is 0 Å². The van der Waals surface area contributed by atoms with E-state index in [1.165, 1.54) is 11.3 Å². The van der Waals surface area contributed by atoms with Crippen LogP contribution in [0.1, 0.15) is 16.7 Å². The Morgan fingerprint density at radius 1 is 1.69 bits per heavy atom. The van der Waals surface area contributed by atoms with Crippen molar-refractivity contribution in [2.24, 2.45) is 0 Å². The highest BCUT2D eigenvalue weighted by Gasteiger charge is 2.00. The van der Waals surface area contributed by atoms with Crippen LogP contribution in [0.4, 0.5) is 0 Å². The lowest BCUT2D eigenvalue weighted by molar-refractivity contribution is 0.654. The molecule has 2 nitrogen and oxygen atoms in total. The van der Waals surface area contributed by atoms with E-state index < -0.39 is 0 Å². The van der Waals surface area contributed by atoms with Crippen LogP contribution in [0.5, 0.6) is 0 Å². The van der Waals surface area contributed by atoms with Gasteiger partial charge in [-0.2, -0.15) is 5.26 Å². The zero-order valence-corrected chi connectivity index (χ0v) is 8.19. The largest absolute Gasteiger partial charge is 0.299 e. The number of hydrogen-bond acceptors (Lipinski definition) is 3. The third kappa shape index (κ3) is 2.91. The van der Waals surface area contributed by atoms with Crippen LogP contribution < -0.4 is 5.32 Å². The highest BCUT2D eigenvalue weighted by Crippen LogP contribution is 2.14. The first kappa shape index (κ1) is 9.80. The van der Waals surface area contributed by atoms with Crippen molar-refractivity contribution in [1.29, 1.82) is 5.26 Å². The van der Waals surface area contributed by atoms with Crippen LogP contribution in [-0.2, 0) is 6.54 Å². The van der Waals surface area contributed by atoms with Crippen LogP contribution in [-0.4, -0.2) is 6.04 Å². The summed E-state index contributed by atoms with van der Waals surface area (Å²) in [5.41, 5.74) is 0. The summed E-state index contributed by atoms with van der Waals surface area (Å²) in [4.78, 5) is 1.88. The molecule has 3 heteroatoms. The van der Waals surface area contributed by atoms with Gasteiger partial charge in [0.25, 0.3) is 0 Å². The fourth-order valence-corrected chi connectivity index (χ4v) is 1.60. The predicted molar refractivity (Wildman–Crippen MR) is 54.2 cm³/mol. The molecule has 0 fully saturated rings. The monoisotopic (exact) mass is 190 g/mol. The van der Waals surface area contributed by atoms with E-state index in [9.17, 15) is 0 Å². The van der Waals surface area contributed by atoms with E-state index in [1.807, 2.05) is 19.1 Å². The molecule has 0 amide bonds. The number of rotatable bonds is 3. The van der Waals surface area contributed by atoms with Gasteiger partial charge < -0.3 is 0 Å². The first-order valence-electron chi connectivity index (χ1n) is 3.94. The summed E-state index contributed by atoms with van der Waals surface area (Å²) in [5.74, 6) is 2.58. The summed E-state index contributed by atoms with van der Waals surface area (Å²) in [6.07, 6.45) is 5.21. The molecular formula is C10H10N2S. The molecule has 0 aromatic carbocycles. The van der Waals surface area contributed by atoms with Crippen molar-refractivity contribution < 1.29 is 0 Å². The third-order valence-corrected chi connectivity index (χ3v) is 2.59. The number of thiophene rings is 1. The van der Waals surface area contributed by atoms with Gasteiger partial charge in [-0.15, -0.1) is 17.8 Å². The number of terminal acetylenes is 1. The van der Waals surface area contributed by atoms with Crippen molar-refractivity contribution >= 4 is 11.3 Å². The molecular weight excluding hydrogens is 180 g/mol. The molecule has 1 aromatic rings. The highest BCUT2D eigenvalue weighted by atomic mass is 32.1. The molecule has 0 aliphatic heterocycles. The summed E-state index contributed by atoms with van der Waals surface area (Å²) in [6, 6.07) is 5.94. The van der Waals surface area contributed by atoms with Crippen molar-refractivity contribution in [3.8, 4) is 18.4 Å². The second-order valence-corrected chi connectivity index (χ2v) is 3.82. The number of nitrogens with zero attached hydrogens (tertiary/aromatic N) is 1. The van der Waals surface area contributed by atoms with E-state index >= 15 is 0 Å². The fourth-order valence-electron chi connectivity index (χ4n) is 0.846. The summed E-state index contributed by atoms with van der Waals surface area (Å²) in [5, 5.41) is 11.7. The topological polar surface area (TPSA) is 35.8 Å². The molecule has 0 radical (unpaired) electrons. The molecule has 1 heterocycles. The molecule has 0 aliphatic carbocycles. The average Bonchev–Trinajstić information content (AvgIpc) is 2.61. The third-order valence-electron chi connectivity index (χ3n) is 1.60. The molecule has 0 bridgehead atoms. The second-order valence-electron chi connectivity index (χ2n) is 2.65. The standard InChI is InChI=1S/C10H10N2S/c1-3-8(2)12-7-10-5-4-9(6-11)13-10/h1,4-5,8,12H,7H2,2H3. The molecule has 66 valence electrons. The lowest BCUT2D eigenvalue weighted by Gasteiger charge is -2.04. The first-order valence-corrected chi connectivity index (χ1v) is 4.76. The minimum absolute atomic E-state index is 0.0765. The van der Waals surface area contributed by atoms with Crippen LogP contribution >= 0.6 is 11.3 Å². The summed E-state index contributed by atoms with van der Waals surface area (Å²) < 4.78 is 0. The van der Waals surface area contributed by atoms with Gasteiger partial charge in [-0.05, 0) is 19.1 Å². The average molecular weight is 190 g/mol. The van der Waals surface area contributed by atoms with Gasteiger partial charge >= 0.3 is 0 Å². The quantitative estimate of drug-likeness (QED) is 0.737. The van der Waals surface area contributed by atoms with Gasteiger partial charge in [0.05, 0.1) is 6.04 Å².